The van der Waals surface area contributed by atoms with Crippen LogP contribution >= 0.6 is 11.8 Å². The molecule has 2 aromatic rings. The van der Waals surface area contributed by atoms with Crippen LogP contribution in [0.4, 0.5) is 0 Å². The third-order valence-electron chi connectivity index (χ3n) is 3.76. The van der Waals surface area contributed by atoms with Crippen LogP contribution in [0, 0.1) is 6.92 Å². The second-order valence-corrected chi connectivity index (χ2v) is 6.30. The van der Waals surface area contributed by atoms with E-state index in [4.69, 9.17) is 0 Å². The van der Waals surface area contributed by atoms with E-state index in [1.54, 1.807) is 18.0 Å². The zero-order valence-electron chi connectivity index (χ0n) is 12.4. The predicted molar refractivity (Wildman–Crippen MR) is 82.2 cm³/mol. The average Bonchev–Trinajstić information content (AvgIpc) is 2.89. The van der Waals surface area contributed by atoms with Crippen molar-refractivity contribution in [3.8, 4) is 0 Å². The second-order valence-electron chi connectivity index (χ2n) is 5.36. The van der Waals surface area contributed by atoms with Crippen LogP contribution in [0.1, 0.15) is 36.0 Å². The van der Waals surface area contributed by atoms with Gasteiger partial charge >= 0.3 is 0 Å². The Morgan fingerprint density at radius 2 is 2.05 bits per heavy atom. The van der Waals surface area contributed by atoms with E-state index in [2.05, 4.69) is 37.1 Å². The molecule has 0 aliphatic carbocycles. The summed E-state index contributed by atoms with van der Waals surface area (Å²) in [5.41, 5.74) is 1.91. The Kier molecular flexibility index (Phi) is 4.50. The van der Waals surface area contributed by atoms with Crippen molar-refractivity contribution < 1.29 is 0 Å². The molecule has 6 nitrogen and oxygen atoms in total. The summed E-state index contributed by atoms with van der Waals surface area (Å²) in [5.74, 6) is 2.40. The molecule has 1 aliphatic rings. The first-order valence-corrected chi connectivity index (χ1v) is 8.23. The summed E-state index contributed by atoms with van der Waals surface area (Å²) in [4.78, 5) is 8.64. The van der Waals surface area contributed by atoms with Crippen molar-refractivity contribution in [2.24, 2.45) is 7.05 Å². The van der Waals surface area contributed by atoms with Gasteiger partial charge in [-0.1, -0.05) is 11.8 Å². The van der Waals surface area contributed by atoms with Gasteiger partial charge in [0.05, 0.1) is 11.4 Å². The lowest BCUT2D eigenvalue weighted by atomic mass is 9.97. The maximum atomic E-state index is 4.39. The van der Waals surface area contributed by atoms with Crippen molar-refractivity contribution in [2.45, 2.75) is 36.6 Å². The molecule has 1 saturated heterocycles. The Morgan fingerprint density at radius 1 is 1.24 bits per heavy atom. The zero-order chi connectivity index (χ0) is 14.7. The normalized spacial score (nSPS) is 16.3. The van der Waals surface area contributed by atoms with Crippen molar-refractivity contribution in [3.63, 3.8) is 0 Å². The minimum Gasteiger partial charge on any atom is -0.317 e. The van der Waals surface area contributed by atoms with Crippen molar-refractivity contribution in [3.05, 3.63) is 29.6 Å². The van der Waals surface area contributed by atoms with E-state index in [1.165, 1.54) is 0 Å². The van der Waals surface area contributed by atoms with Crippen molar-refractivity contribution in [2.75, 3.05) is 13.1 Å². The van der Waals surface area contributed by atoms with Gasteiger partial charge in [-0.2, -0.15) is 0 Å². The standard InChI is InChI=1S/C14H20N6S/c1-10-7-17-12(8-16-10)9-21-14-19-18-13(20(14)2)11-3-5-15-6-4-11/h7-8,11,15H,3-6,9H2,1-2H3. The molecule has 1 aliphatic heterocycles. The fraction of sp³-hybridized carbons (Fsp3) is 0.571. The van der Waals surface area contributed by atoms with Crippen LogP contribution in [0.2, 0.25) is 0 Å². The Morgan fingerprint density at radius 3 is 2.76 bits per heavy atom. The van der Waals surface area contributed by atoms with Crippen molar-refractivity contribution >= 4 is 11.8 Å². The highest BCUT2D eigenvalue weighted by Crippen LogP contribution is 2.27. The molecular weight excluding hydrogens is 284 g/mol. The quantitative estimate of drug-likeness (QED) is 0.867. The van der Waals surface area contributed by atoms with E-state index in [0.29, 0.717) is 5.92 Å². The van der Waals surface area contributed by atoms with E-state index in [9.17, 15) is 0 Å². The molecule has 1 fully saturated rings. The number of aryl methyl sites for hydroxylation is 1. The zero-order valence-corrected chi connectivity index (χ0v) is 13.2. The predicted octanol–water partition coefficient (Wildman–Crippen LogP) is 1.67. The Balaban J connectivity index is 1.66. The number of thioether (sulfide) groups is 1. The summed E-state index contributed by atoms with van der Waals surface area (Å²) in [6.07, 6.45) is 5.90. The summed E-state index contributed by atoms with van der Waals surface area (Å²) in [5, 5.41) is 13.1. The highest BCUT2D eigenvalue weighted by molar-refractivity contribution is 7.98. The van der Waals surface area contributed by atoms with Gasteiger partial charge in [-0.05, 0) is 32.9 Å². The smallest absolute Gasteiger partial charge is 0.191 e. The third-order valence-corrected chi connectivity index (χ3v) is 4.81. The maximum Gasteiger partial charge on any atom is 0.191 e. The lowest BCUT2D eigenvalue weighted by Gasteiger charge is -2.21. The highest BCUT2D eigenvalue weighted by Gasteiger charge is 2.21. The van der Waals surface area contributed by atoms with E-state index in [0.717, 1.165) is 54.1 Å². The first-order valence-electron chi connectivity index (χ1n) is 7.24. The first-order chi connectivity index (χ1) is 10.2. The van der Waals surface area contributed by atoms with Crippen molar-refractivity contribution in [1.29, 1.82) is 0 Å². The Hall–Kier alpha value is -1.47. The first kappa shape index (κ1) is 14.5. The molecule has 1 N–H and O–H groups in total. The van der Waals surface area contributed by atoms with Crippen LogP contribution in [-0.2, 0) is 12.8 Å². The lowest BCUT2D eigenvalue weighted by Crippen LogP contribution is -2.27. The lowest BCUT2D eigenvalue weighted by molar-refractivity contribution is 0.434. The summed E-state index contributed by atoms with van der Waals surface area (Å²) in [6.45, 7) is 4.08. The molecular formula is C14H20N6S. The molecule has 3 heterocycles. The van der Waals surface area contributed by atoms with Crippen LogP contribution in [0.25, 0.3) is 0 Å². The molecule has 21 heavy (non-hydrogen) atoms. The van der Waals surface area contributed by atoms with E-state index in [1.807, 2.05) is 13.1 Å². The molecule has 112 valence electrons. The molecule has 3 rings (SSSR count). The topological polar surface area (TPSA) is 68.5 Å². The van der Waals surface area contributed by atoms with E-state index >= 15 is 0 Å². The van der Waals surface area contributed by atoms with Gasteiger partial charge in [0.25, 0.3) is 0 Å². The molecule has 0 aromatic carbocycles. The number of piperidine rings is 1. The fourth-order valence-electron chi connectivity index (χ4n) is 2.52. The molecule has 0 unspecified atom stereocenters. The highest BCUT2D eigenvalue weighted by atomic mass is 32.2. The van der Waals surface area contributed by atoms with Gasteiger partial charge in [-0.15, -0.1) is 10.2 Å². The van der Waals surface area contributed by atoms with Gasteiger partial charge in [0.15, 0.2) is 5.16 Å². The van der Waals surface area contributed by atoms with Gasteiger partial charge in [0.1, 0.15) is 5.82 Å². The molecule has 7 heteroatoms. The van der Waals surface area contributed by atoms with Gasteiger partial charge in [0, 0.05) is 31.1 Å². The molecule has 0 atom stereocenters. The number of nitrogens with one attached hydrogen (secondary N) is 1. The number of hydrogen-bond donors (Lipinski definition) is 1. The minimum absolute atomic E-state index is 0.525. The Bertz CT molecular complexity index is 588. The van der Waals surface area contributed by atoms with Gasteiger partial charge in [-0.25, -0.2) is 0 Å². The second kappa shape index (κ2) is 6.53. The fourth-order valence-corrected chi connectivity index (χ4v) is 3.33. The van der Waals surface area contributed by atoms with Gasteiger partial charge in [0.2, 0.25) is 0 Å². The van der Waals surface area contributed by atoms with Crippen LogP contribution in [0.3, 0.4) is 0 Å². The SMILES string of the molecule is Cc1cnc(CSc2nnc(C3CCNCC3)n2C)cn1. The van der Waals surface area contributed by atoms with Crippen molar-refractivity contribution in [1.82, 2.24) is 30.0 Å². The number of aromatic nitrogens is 5. The number of hydrogen-bond acceptors (Lipinski definition) is 6. The molecule has 0 bridgehead atoms. The van der Waals surface area contributed by atoms with Gasteiger partial charge in [-0.3, -0.25) is 9.97 Å². The molecule has 0 saturated carbocycles. The summed E-state index contributed by atoms with van der Waals surface area (Å²) in [7, 11) is 2.06. The van der Waals surface area contributed by atoms with Crippen LogP contribution < -0.4 is 5.32 Å². The van der Waals surface area contributed by atoms with Crippen LogP contribution in [0.15, 0.2) is 17.6 Å². The summed E-state index contributed by atoms with van der Waals surface area (Å²) >= 11 is 1.66. The minimum atomic E-state index is 0.525. The molecule has 0 amide bonds. The Labute approximate surface area is 128 Å². The summed E-state index contributed by atoms with van der Waals surface area (Å²) in [6, 6.07) is 0. The maximum absolute atomic E-state index is 4.39. The largest absolute Gasteiger partial charge is 0.317 e. The molecule has 0 spiro atoms. The van der Waals surface area contributed by atoms with Crippen LogP contribution in [0.5, 0.6) is 0 Å². The van der Waals surface area contributed by atoms with E-state index in [-0.39, 0.29) is 0 Å². The monoisotopic (exact) mass is 304 g/mol. The number of nitrogens with zero attached hydrogens (tertiary/aromatic N) is 5. The van der Waals surface area contributed by atoms with Crippen LogP contribution in [-0.4, -0.2) is 37.8 Å². The number of rotatable bonds is 4. The molecule has 0 radical (unpaired) electrons. The van der Waals surface area contributed by atoms with Gasteiger partial charge < -0.3 is 9.88 Å². The molecule has 2 aromatic heterocycles. The summed E-state index contributed by atoms with van der Waals surface area (Å²) < 4.78 is 2.13. The average molecular weight is 304 g/mol. The van der Waals surface area contributed by atoms with E-state index < -0.39 is 0 Å². The third kappa shape index (κ3) is 3.41.